The van der Waals surface area contributed by atoms with Crippen molar-refractivity contribution in [3.05, 3.63) is 24.4 Å². The van der Waals surface area contributed by atoms with Crippen molar-refractivity contribution in [1.82, 2.24) is 9.88 Å². The van der Waals surface area contributed by atoms with Crippen LogP contribution < -0.4 is 4.90 Å². The Morgan fingerprint density at radius 3 is 2.74 bits per heavy atom. The van der Waals surface area contributed by atoms with Gasteiger partial charge in [0.05, 0.1) is 12.5 Å². The van der Waals surface area contributed by atoms with Crippen molar-refractivity contribution in [2.45, 2.75) is 6.42 Å². The highest BCUT2D eigenvalue weighted by Gasteiger charge is 2.30. The lowest BCUT2D eigenvalue weighted by Gasteiger charge is -2.36. The van der Waals surface area contributed by atoms with E-state index in [1.807, 2.05) is 29.3 Å². The molecule has 0 N–H and O–H groups in total. The van der Waals surface area contributed by atoms with Gasteiger partial charge < -0.3 is 14.5 Å². The van der Waals surface area contributed by atoms with Crippen LogP contribution in [-0.2, 0) is 9.53 Å². The first-order valence-corrected chi connectivity index (χ1v) is 6.87. The average Bonchev–Trinajstić information content (AvgIpc) is 3.02. The molecule has 2 aliphatic rings. The molecule has 0 bridgehead atoms. The number of hydrogen-bond donors (Lipinski definition) is 0. The second-order valence-electron chi connectivity index (χ2n) is 5.06. The van der Waals surface area contributed by atoms with Gasteiger partial charge in [0.15, 0.2) is 0 Å². The van der Waals surface area contributed by atoms with Gasteiger partial charge in [-0.1, -0.05) is 6.07 Å². The molecule has 1 unspecified atom stereocenters. The van der Waals surface area contributed by atoms with E-state index < -0.39 is 0 Å². The molecule has 19 heavy (non-hydrogen) atoms. The Morgan fingerprint density at radius 2 is 2.11 bits per heavy atom. The molecule has 1 aromatic heterocycles. The molecule has 1 amide bonds. The van der Waals surface area contributed by atoms with Gasteiger partial charge in [-0.05, 0) is 18.6 Å². The number of pyridine rings is 1. The largest absolute Gasteiger partial charge is 0.381 e. The van der Waals surface area contributed by atoms with E-state index in [4.69, 9.17) is 4.74 Å². The molecule has 0 saturated carbocycles. The summed E-state index contributed by atoms with van der Waals surface area (Å²) < 4.78 is 5.29. The van der Waals surface area contributed by atoms with Gasteiger partial charge >= 0.3 is 0 Å². The number of rotatable bonds is 2. The van der Waals surface area contributed by atoms with E-state index in [9.17, 15) is 4.79 Å². The summed E-state index contributed by atoms with van der Waals surface area (Å²) in [5.41, 5.74) is 0. The standard InChI is InChI=1S/C14H19N3O2/c18-14(12-4-10-19-11-12)17-8-6-16(7-9-17)13-3-1-2-5-15-13/h1-3,5,12H,4,6-11H2. The highest BCUT2D eigenvalue weighted by Crippen LogP contribution is 2.18. The fraction of sp³-hybridized carbons (Fsp3) is 0.571. The van der Waals surface area contributed by atoms with E-state index in [0.717, 1.165) is 45.0 Å². The van der Waals surface area contributed by atoms with Gasteiger partial charge in [-0.3, -0.25) is 4.79 Å². The molecular formula is C14H19N3O2. The Labute approximate surface area is 113 Å². The van der Waals surface area contributed by atoms with Crippen LogP contribution in [-0.4, -0.2) is 55.2 Å². The average molecular weight is 261 g/mol. The number of piperazine rings is 1. The van der Waals surface area contributed by atoms with Crippen molar-refractivity contribution in [1.29, 1.82) is 0 Å². The lowest BCUT2D eigenvalue weighted by Crippen LogP contribution is -2.50. The minimum atomic E-state index is 0.0846. The number of hydrogen-bond acceptors (Lipinski definition) is 4. The SMILES string of the molecule is O=C(C1CCOC1)N1CCN(c2ccccn2)CC1. The molecule has 3 rings (SSSR count). The van der Waals surface area contributed by atoms with Crippen LogP contribution in [0.25, 0.3) is 0 Å². The summed E-state index contributed by atoms with van der Waals surface area (Å²) in [5.74, 6) is 1.35. The predicted molar refractivity (Wildman–Crippen MR) is 72.0 cm³/mol. The van der Waals surface area contributed by atoms with Crippen molar-refractivity contribution >= 4 is 11.7 Å². The maximum atomic E-state index is 12.3. The Balaban J connectivity index is 1.56. The predicted octanol–water partition coefficient (Wildman–Crippen LogP) is 0.767. The van der Waals surface area contributed by atoms with Crippen LogP contribution in [0.3, 0.4) is 0 Å². The van der Waals surface area contributed by atoms with E-state index >= 15 is 0 Å². The molecule has 102 valence electrons. The summed E-state index contributed by atoms with van der Waals surface area (Å²) in [6.45, 7) is 4.61. The molecule has 3 heterocycles. The summed E-state index contributed by atoms with van der Waals surface area (Å²) in [6.07, 6.45) is 2.68. The number of nitrogens with zero attached hydrogens (tertiary/aromatic N) is 3. The van der Waals surface area contributed by atoms with Gasteiger partial charge in [-0.25, -0.2) is 4.98 Å². The lowest BCUT2D eigenvalue weighted by atomic mass is 10.1. The fourth-order valence-electron chi connectivity index (χ4n) is 2.68. The van der Waals surface area contributed by atoms with Crippen LogP contribution in [0.15, 0.2) is 24.4 Å². The van der Waals surface area contributed by atoms with Crippen LogP contribution in [0.4, 0.5) is 5.82 Å². The number of ether oxygens (including phenoxy) is 1. The van der Waals surface area contributed by atoms with Crippen molar-refractivity contribution in [3.8, 4) is 0 Å². The van der Waals surface area contributed by atoms with Gasteiger partial charge in [-0.2, -0.15) is 0 Å². The summed E-state index contributed by atoms with van der Waals surface area (Å²) in [6, 6.07) is 5.93. The third kappa shape index (κ3) is 2.71. The minimum absolute atomic E-state index is 0.0846. The van der Waals surface area contributed by atoms with Crippen molar-refractivity contribution in [2.24, 2.45) is 5.92 Å². The summed E-state index contributed by atoms with van der Waals surface area (Å²) >= 11 is 0. The first kappa shape index (κ1) is 12.4. The molecule has 5 nitrogen and oxygen atoms in total. The van der Waals surface area contributed by atoms with Gasteiger partial charge in [0.25, 0.3) is 0 Å². The Bertz CT molecular complexity index is 424. The number of amides is 1. The molecule has 2 aliphatic heterocycles. The molecule has 1 atom stereocenters. The monoisotopic (exact) mass is 261 g/mol. The molecule has 0 aliphatic carbocycles. The van der Waals surface area contributed by atoms with Crippen molar-refractivity contribution in [2.75, 3.05) is 44.3 Å². The zero-order chi connectivity index (χ0) is 13.1. The zero-order valence-electron chi connectivity index (χ0n) is 11.0. The number of carbonyl (C=O) groups is 1. The van der Waals surface area contributed by atoms with Crippen LogP contribution in [0.5, 0.6) is 0 Å². The van der Waals surface area contributed by atoms with Crippen LogP contribution in [0, 0.1) is 5.92 Å². The Kier molecular flexibility index (Phi) is 3.64. The van der Waals surface area contributed by atoms with Gasteiger partial charge in [0.2, 0.25) is 5.91 Å². The van der Waals surface area contributed by atoms with E-state index in [1.54, 1.807) is 0 Å². The molecule has 5 heteroatoms. The molecule has 0 radical (unpaired) electrons. The van der Waals surface area contributed by atoms with Crippen LogP contribution in [0.2, 0.25) is 0 Å². The number of carbonyl (C=O) groups excluding carboxylic acids is 1. The zero-order valence-corrected chi connectivity index (χ0v) is 11.0. The summed E-state index contributed by atoms with van der Waals surface area (Å²) in [7, 11) is 0. The van der Waals surface area contributed by atoms with Crippen molar-refractivity contribution in [3.63, 3.8) is 0 Å². The maximum Gasteiger partial charge on any atom is 0.228 e. The number of aromatic nitrogens is 1. The van der Waals surface area contributed by atoms with Crippen molar-refractivity contribution < 1.29 is 9.53 Å². The van der Waals surface area contributed by atoms with Gasteiger partial charge in [0, 0.05) is 39.0 Å². The molecule has 2 saturated heterocycles. The van der Waals surface area contributed by atoms with E-state index in [2.05, 4.69) is 9.88 Å². The first-order valence-electron chi connectivity index (χ1n) is 6.87. The second-order valence-corrected chi connectivity index (χ2v) is 5.06. The summed E-state index contributed by atoms with van der Waals surface area (Å²) in [4.78, 5) is 20.8. The lowest BCUT2D eigenvalue weighted by molar-refractivity contribution is -0.135. The normalized spacial score (nSPS) is 23.7. The third-order valence-corrected chi connectivity index (χ3v) is 3.84. The maximum absolute atomic E-state index is 12.3. The van der Waals surface area contributed by atoms with E-state index in [1.165, 1.54) is 0 Å². The molecule has 2 fully saturated rings. The van der Waals surface area contributed by atoms with Crippen LogP contribution in [0.1, 0.15) is 6.42 Å². The van der Waals surface area contributed by atoms with Gasteiger partial charge in [-0.15, -0.1) is 0 Å². The third-order valence-electron chi connectivity index (χ3n) is 3.84. The minimum Gasteiger partial charge on any atom is -0.381 e. The smallest absolute Gasteiger partial charge is 0.228 e. The highest BCUT2D eigenvalue weighted by atomic mass is 16.5. The van der Waals surface area contributed by atoms with E-state index in [-0.39, 0.29) is 11.8 Å². The van der Waals surface area contributed by atoms with Crippen LogP contribution >= 0.6 is 0 Å². The Hall–Kier alpha value is -1.62. The highest BCUT2D eigenvalue weighted by molar-refractivity contribution is 5.79. The van der Waals surface area contributed by atoms with Gasteiger partial charge in [0.1, 0.15) is 5.82 Å². The quantitative estimate of drug-likeness (QED) is 0.789. The molecule has 1 aromatic rings. The van der Waals surface area contributed by atoms with E-state index in [0.29, 0.717) is 6.61 Å². The molecule has 0 spiro atoms. The number of anilines is 1. The second kappa shape index (κ2) is 5.57. The first-order chi connectivity index (χ1) is 9.34. The molecular weight excluding hydrogens is 242 g/mol. The molecule has 0 aromatic carbocycles. The summed E-state index contributed by atoms with van der Waals surface area (Å²) in [5, 5.41) is 0. The fourth-order valence-corrected chi connectivity index (χ4v) is 2.68. The topological polar surface area (TPSA) is 45.7 Å². The Morgan fingerprint density at radius 1 is 1.26 bits per heavy atom.